The number of halogens is 1. The van der Waals surface area contributed by atoms with Gasteiger partial charge in [-0.2, -0.15) is 4.31 Å². The van der Waals surface area contributed by atoms with Crippen LogP contribution in [0.25, 0.3) is 0 Å². The van der Waals surface area contributed by atoms with Gasteiger partial charge in [0.05, 0.1) is 5.75 Å². The molecule has 1 aromatic carbocycles. The number of carbonyl (C=O) groups is 1. The molecular formula is C17H25BrN2O4S. The van der Waals surface area contributed by atoms with Gasteiger partial charge in [-0.1, -0.05) is 28.1 Å². The molecule has 0 spiro atoms. The molecule has 1 amide bonds. The van der Waals surface area contributed by atoms with E-state index in [4.69, 9.17) is 4.74 Å². The zero-order valence-electron chi connectivity index (χ0n) is 15.0. The maximum Gasteiger partial charge on any atom is 0.410 e. The normalized spacial score (nSPS) is 19.7. The molecule has 1 heterocycles. The van der Waals surface area contributed by atoms with E-state index in [2.05, 4.69) is 15.9 Å². The molecule has 1 atom stereocenters. The van der Waals surface area contributed by atoms with Crippen LogP contribution in [0.3, 0.4) is 0 Å². The van der Waals surface area contributed by atoms with E-state index in [0.717, 1.165) is 10.0 Å². The fourth-order valence-electron chi connectivity index (χ4n) is 2.65. The Morgan fingerprint density at radius 1 is 1.24 bits per heavy atom. The summed E-state index contributed by atoms with van der Waals surface area (Å²) in [5.41, 5.74) is 0.173. The lowest BCUT2D eigenvalue weighted by atomic mass is 10.2. The fourth-order valence-corrected chi connectivity index (χ4v) is 4.51. The highest BCUT2D eigenvalue weighted by Gasteiger charge is 2.35. The molecule has 0 bridgehead atoms. The Kier molecular flexibility index (Phi) is 6.17. The van der Waals surface area contributed by atoms with Crippen LogP contribution in [-0.2, 0) is 20.5 Å². The molecule has 25 heavy (non-hydrogen) atoms. The average Bonchev–Trinajstić information content (AvgIpc) is 2.47. The topological polar surface area (TPSA) is 66.9 Å². The van der Waals surface area contributed by atoms with Crippen LogP contribution >= 0.6 is 15.9 Å². The molecular weight excluding hydrogens is 408 g/mol. The predicted octanol–water partition coefficient (Wildman–Crippen LogP) is 3.22. The molecule has 1 aliphatic heterocycles. The molecule has 1 aromatic rings. The van der Waals surface area contributed by atoms with Crippen LogP contribution in [0.5, 0.6) is 0 Å². The third-order valence-corrected chi connectivity index (χ3v) is 6.22. The van der Waals surface area contributed by atoms with Crippen LogP contribution in [0.15, 0.2) is 28.7 Å². The molecule has 1 aliphatic rings. The van der Waals surface area contributed by atoms with Crippen LogP contribution in [0, 0.1) is 0 Å². The Balaban J connectivity index is 2.01. The van der Waals surface area contributed by atoms with Crippen LogP contribution in [0.4, 0.5) is 4.79 Å². The number of hydrogen-bond donors (Lipinski definition) is 0. The second-order valence-corrected chi connectivity index (χ2v) is 10.1. The molecule has 0 radical (unpaired) electrons. The van der Waals surface area contributed by atoms with Gasteiger partial charge < -0.3 is 9.64 Å². The Labute approximate surface area is 158 Å². The minimum absolute atomic E-state index is 0.0422. The van der Waals surface area contributed by atoms with E-state index in [1.54, 1.807) is 17.0 Å². The largest absolute Gasteiger partial charge is 0.444 e. The summed E-state index contributed by atoms with van der Waals surface area (Å²) in [6, 6.07) is 7.01. The molecule has 1 saturated heterocycles. The van der Waals surface area contributed by atoms with Crippen molar-refractivity contribution in [2.45, 2.75) is 45.1 Å². The van der Waals surface area contributed by atoms with Crippen molar-refractivity contribution in [3.8, 4) is 0 Å². The van der Waals surface area contributed by atoms with E-state index < -0.39 is 21.7 Å². The Bertz CT molecular complexity index is 713. The first-order valence-corrected chi connectivity index (χ1v) is 10.6. The molecule has 1 fully saturated rings. The van der Waals surface area contributed by atoms with Crippen molar-refractivity contribution < 1.29 is 17.9 Å². The van der Waals surface area contributed by atoms with Crippen molar-refractivity contribution in [3.63, 3.8) is 0 Å². The maximum absolute atomic E-state index is 12.7. The highest BCUT2D eigenvalue weighted by atomic mass is 79.9. The van der Waals surface area contributed by atoms with E-state index in [1.807, 2.05) is 39.8 Å². The molecule has 0 aliphatic carbocycles. The maximum atomic E-state index is 12.7. The van der Waals surface area contributed by atoms with Gasteiger partial charge in [-0.05, 0) is 45.4 Å². The molecule has 0 aromatic heterocycles. The number of nitrogens with zero attached hydrogens (tertiary/aromatic N) is 2. The van der Waals surface area contributed by atoms with Gasteiger partial charge in [0.15, 0.2) is 0 Å². The number of carbonyl (C=O) groups excluding carboxylic acids is 1. The Morgan fingerprint density at radius 3 is 2.36 bits per heavy atom. The van der Waals surface area contributed by atoms with Crippen molar-refractivity contribution in [1.29, 1.82) is 0 Å². The van der Waals surface area contributed by atoms with Gasteiger partial charge in [0, 0.05) is 30.1 Å². The van der Waals surface area contributed by atoms with Gasteiger partial charge in [0.2, 0.25) is 10.0 Å². The Morgan fingerprint density at radius 2 is 1.84 bits per heavy atom. The standard InChI is InChI=1S/C17H25BrN2O4S/c1-13-11-19(9-10-20(13)16(21)24-17(2,3)4)25(22,23)12-14-5-7-15(18)8-6-14/h5-8,13H,9-12H2,1-4H3. The number of ether oxygens (including phenoxy) is 1. The third-order valence-electron chi connectivity index (χ3n) is 3.87. The lowest BCUT2D eigenvalue weighted by molar-refractivity contribution is 0.00857. The summed E-state index contributed by atoms with van der Waals surface area (Å²) in [6.07, 6.45) is -0.398. The minimum Gasteiger partial charge on any atom is -0.444 e. The van der Waals surface area contributed by atoms with Crippen LogP contribution in [0.2, 0.25) is 0 Å². The van der Waals surface area contributed by atoms with Crippen LogP contribution in [0.1, 0.15) is 33.3 Å². The van der Waals surface area contributed by atoms with Crippen molar-refractivity contribution in [1.82, 2.24) is 9.21 Å². The van der Waals surface area contributed by atoms with E-state index in [-0.39, 0.29) is 24.9 Å². The second-order valence-electron chi connectivity index (χ2n) is 7.26. The first-order chi connectivity index (χ1) is 11.5. The molecule has 0 saturated carbocycles. The van der Waals surface area contributed by atoms with Crippen molar-refractivity contribution in [3.05, 3.63) is 34.3 Å². The monoisotopic (exact) mass is 432 g/mol. The van der Waals surface area contributed by atoms with Gasteiger partial charge in [-0.3, -0.25) is 0 Å². The minimum atomic E-state index is -3.43. The summed E-state index contributed by atoms with van der Waals surface area (Å²) in [5.74, 6) is -0.0422. The van der Waals surface area contributed by atoms with Crippen LogP contribution < -0.4 is 0 Å². The lowest BCUT2D eigenvalue weighted by Crippen LogP contribution is -2.56. The molecule has 140 valence electrons. The van der Waals surface area contributed by atoms with E-state index in [1.165, 1.54) is 4.31 Å². The second kappa shape index (κ2) is 7.63. The smallest absolute Gasteiger partial charge is 0.410 e. The first-order valence-electron chi connectivity index (χ1n) is 8.20. The highest BCUT2D eigenvalue weighted by Crippen LogP contribution is 2.20. The number of benzene rings is 1. The van der Waals surface area contributed by atoms with Crippen molar-refractivity contribution in [2.24, 2.45) is 0 Å². The third kappa shape index (κ3) is 5.69. The SMILES string of the molecule is CC1CN(S(=O)(=O)Cc2ccc(Br)cc2)CCN1C(=O)OC(C)(C)C. The molecule has 0 N–H and O–H groups in total. The highest BCUT2D eigenvalue weighted by molar-refractivity contribution is 9.10. The number of amides is 1. The van der Waals surface area contributed by atoms with Gasteiger partial charge in [0.1, 0.15) is 5.60 Å². The zero-order valence-corrected chi connectivity index (χ0v) is 17.4. The summed E-state index contributed by atoms with van der Waals surface area (Å²) in [6.45, 7) is 8.17. The summed E-state index contributed by atoms with van der Waals surface area (Å²) in [4.78, 5) is 13.8. The van der Waals surface area contributed by atoms with Gasteiger partial charge >= 0.3 is 6.09 Å². The fraction of sp³-hybridized carbons (Fsp3) is 0.588. The van der Waals surface area contributed by atoms with E-state index in [9.17, 15) is 13.2 Å². The van der Waals surface area contributed by atoms with E-state index >= 15 is 0 Å². The number of hydrogen-bond acceptors (Lipinski definition) is 4. The molecule has 8 heteroatoms. The van der Waals surface area contributed by atoms with Crippen molar-refractivity contribution >= 4 is 32.0 Å². The average molecular weight is 433 g/mol. The van der Waals surface area contributed by atoms with Crippen LogP contribution in [-0.4, -0.2) is 55.0 Å². The van der Waals surface area contributed by atoms with Gasteiger partial charge in [-0.25, -0.2) is 13.2 Å². The summed E-state index contributed by atoms with van der Waals surface area (Å²) >= 11 is 3.34. The summed E-state index contributed by atoms with van der Waals surface area (Å²) < 4.78 is 33.1. The van der Waals surface area contributed by atoms with E-state index in [0.29, 0.717) is 6.54 Å². The number of piperazine rings is 1. The summed E-state index contributed by atoms with van der Waals surface area (Å²) in [5, 5.41) is 0. The lowest BCUT2D eigenvalue weighted by Gasteiger charge is -2.39. The molecule has 6 nitrogen and oxygen atoms in total. The molecule has 2 rings (SSSR count). The number of sulfonamides is 1. The number of rotatable bonds is 3. The molecule has 1 unspecified atom stereocenters. The predicted molar refractivity (Wildman–Crippen MR) is 101 cm³/mol. The quantitative estimate of drug-likeness (QED) is 0.734. The summed E-state index contributed by atoms with van der Waals surface area (Å²) in [7, 11) is -3.43. The van der Waals surface area contributed by atoms with Crippen molar-refractivity contribution in [2.75, 3.05) is 19.6 Å². The van der Waals surface area contributed by atoms with Gasteiger partial charge in [0.25, 0.3) is 0 Å². The first kappa shape index (κ1) is 20.2. The zero-order chi connectivity index (χ0) is 18.8. The van der Waals surface area contributed by atoms with Gasteiger partial charge in [-0.15, -0.1) is 0 Å². The Hall–Kier alpha value is -1.12.